The Bertz CT molecular complexity index is 1630. The Kier molecular flexibility index (Phi) is 8.20. The van der Waals surface area contributed by atoms with Gasteiger partial charge in [-0.2, -0.15) is 13.2 Å². The number of pyridine rings is 1. The van der Waals surface area contributed by atoms with Crippen LogP contribution in [0.2, 0.25) is 0 Å². The summed E-state index contributed by atoms with van der Waals surface area (Å²) in [7, 11) is -4.00. The standard InChI is InChI=1S/C28H30F3N5O3S/c1-17-5-11-23(12-6-17)40(38,39)35-27(37)32-14-13-21-7-9-22(10-8-21)36-24(16-19(3)28(29,30)31)34-25-18(2)15-20(4)33-26(25)36/h5-12,15,19H,13-14,16H2,1-4H3,(H2,32,35,37). The summed E-state index contributed by atoms with van der Waals surface area (Å²) in [5, 5.41) is 2.53. The van der Waals surface area contributed by atoms with Crippen LogP contribution in [0.1, 0.15) is 35.1 Å². The normalized spacial score (nSPS) is 12.9. The monoisotopic (exact) mass is 573 g/mol. The van der Waals surface area contributed by atoms with Crippen LogP contribution in [0.15, 0.2) is 59.5 Å². The minimum absolute atomic E-state index is 0.0141. The van der Waals surface area contributed by atoms with E-state index in [1.54, 1.807) is 41.0 Å². The Balaban J connectivity index is 1.47. The number of aryl methyl sites for hydroxylation is 3. The number of hydrogen-bond donors (Lipinski definition) is 2. The first-order valence-corrected chi connectivity index (χ1v) is 14.1. The molecule has 2 aromatic carbocycles. The van der Waals surface area contributed by atoms with Crippen molar-refractivity contribution in [3.8, 4) is 5.69 Å². The lowest BCUT2D eigenvalue weighted by atomic mass is 10.1. The van der Waals surface area contributed by atoms with Gasteiger partial charge in [-0.05, 0) is 68.7 Å². The maximum atomic E-state index is 13.4. The molecule has 0 spiro atoms. The van der Waals surface area contributed by atoms with Crippen LogP contribution in [0, 0.1) is 26.7 Å². The zero-order chi connectivity index (χ0) is 29.2. The number of nitrogens with one attached hydrogen (secondary N) is 2. The number of imidazole rings is 1. The second kappa shape index (κ2) is 11.3. The summed E-state index contributed by atoms with van der Waals surface area (Å²) < 4.78 is 68.5. The number of rotatable bonds is 8. The number of benzene rings is 2. The molecule has 4 aromatic rings. The van der Waals surface area contributed by atoms with Gasteiger partial charge in [0, 0.05) is 24.3 Å². The molecule has 2 amide bonds. The fourth-order valence-corrected chi connectivity index (χ4v) is 5.20. The maximum absolute atomic E-state index is 13.4. The van der Waals surface area contributed by atoms with Gasteiger partial charge < -0.3 is 5.32 Å². The Morgan fingerprint density at radius 2 is 1.65 bits per heavy atom. The second-order valence-electron chi connectivity index (χ2n) is 9.85. The van der Waals surface area contributed by atoms with E-state index in [2.05, 4.69) is 15.3 Å². The molecule has 0 aliphatic heterocycles. The number of amides is 2. The minimum atomic E-state index is -4.36. The largest absolute Gasteiger partial charge is 0.391 e. The number of aromatic nitrogens is 3. The molecule has 2 heterocycles. The molecule has 2 aromatic heterocycles. The van der Waals surface area contributed by atoms with Crippen LogP contribution in [-0.2, 0) is 22.9 Å². The molecule has 0 fully saturated rings. The topological polar surface area (TPSA) is 106 Å². The molecule has 40 heavy (non-hydrogen) atoms. The van der Waals surface area contributed by atoms with Gasteiger partial charge in [-0.15, -0.1) is 0 Å². The number of sulfonamides is 1. The molecule has 0 saturated heterocycles. The molecule has 0 aliphatic carbocycles. The first kappa shape index (κ1) is 29.1. The summed E-state index contributed by atoms with van der Waals surface area (Å²) in [5.41, 5.74) is 4.93. The number of urea groups is 1. The zero-order valence-electron chi connectivity index (χ0n) is 22.5. The summed E-state index contributed by atoms with van der Waals surface area (Å²) in [5.74, 6) is -1.32. The first-order valence-electron chi connectivity index (χ1n) is 12.6. The van der Waals surface area contributed by atoms with E-state index in [0.717, 1.165) is 29.3 Å². The molecule has 0 bridgehead atoms. The quantitative estimate of drug-likeness (QED) is 0.297. The van der Waals surface area contributed by atoms with Crippen LogP contribution >= 0.6 is 0 Å². The summed E-state index contributed by atoms with van der Waals surface area (Å²) >= 11 is 0. The Hall–Kier alpha value is -3.93. The fraction of sp³-hybridized carbons (Fsp3) is 0.321. The van der Waals surface area contributed by atoms with Crippen molar-refractivity contribution in [2.75, 3.05) is 6.54 Å². The molecule has 0 radical (unpaired) electrons. The minimum Gasteiger partial charge on any atom is -0.337 e. The number of hydrogen-bond acceptors (Lipinski definition) is 5. The predicted octanol–water partition coefficient (Wildman–Crippen LogP) is 5.32. The van der Waals surface area contributed by atoms with Crippen LogP contribution in [0.4, 0.5) is 18.0 Å². The molecule has 2 N–H and O–H groups in total. The van der Waals surface area contributed by atoms with Crippen molar-refractivity contribution in [1.82, 2.24) is 24.6 Å². The fourth-order valence-electron chi connectivity index (χ4n) is 4.27. The van der Waals surface area contributed by atoms with E-state index in [1.165, 1.54) is 12.1 Å². The Morgan fingerprint density at radius 3 is 2.27 bits per heavy atom. The third kappa shape index (κ3) is 6.61. The number of alkyl halides is 3. The van der Waals surface area contributed by atoms with Crippen molar-refractivity contribution in [2.45, 2.75) is 51.6 Å². The van der Waals surface area contributed by atoms with Crippen LogP contribution in [0.3, 0.4) is 0 Å². The molecule has 0 aliphatic rings. The van der Waals surface area contributed by atoms with Crippen molar-refractivity contribution < 1.29 is 26.4 Å². The van der Waals surface area contributed by atoms with Crippen molar-refractivity contribution >= 4 is 27.2 Å². The molecule has 4 rings (SSSR count). The highest BCUT2D eigenvalue weighted by Crippen LogP contribution is 2.31. The second-order valence-corrected chi connectivity index (χ2v) is 11.5. The van der Waals surface area contributed by atoms with E-state index in [-0.39, 0.29) is 23.7 Å². The molecule has 12 heteroatoms. The first-order chi connectivity index (χ1) is 18.7. The molecule has 1 atom stereocenters. The number of halogens is 3. The van der Waals surface area contributed by atoms with Crippen LogP contribution in [0.5, 0.6) is 0 Å². The lowest BCUT2D eigenvalue weighted by molar-refractivity contribution is -0.169. The van der Waals surface area contributed by atoms with E-state index in [4.69, 9.17) is 0 Å². The van der Waals surface area contributed by atoms with Gasteiger partial charge >= 0.3 is 12.2 Å². The Labute approximate surface area is 230 Å². The van der Waals surface area contributed by atoms with E-state index in [1.807, 2.05) is 31.6 Å². The van der Waals surface area contributed by atoms with Gasteiger partial charge in [0.05, 0.1) is 10.8 Å². The zero-order valence-corrected chi connectivity index (χ0v) is 23.3. The Morgan fingerprint density at radius 1 is 1.00 bits per heavy atom. The summed E-state index contributed by atoms with van der Waals surface area (Å²) in [6.07, 6.45) is -4.26. The maximum Gasteiger partial charge on any atom is 0.391 e. The molecule has 212 valence electrons. The molecule has 1 unspecified atom stereocenters. The summed E-state index contributed by atoms with van der Waals surface area (Å²) in [4.78, 5) is 21.3. The highest BCUT2D eigenvalue weighted by atomic mass is 32.2. The van der Waals surface area contributed by atoms with Gasteiger partial charge in [-0.25, -0.2) is 27.9 Å². The average Bonchev–Trinajstić information content (AvgIpc) is 3.22. The van der Waals surface area contributed by atoms with Crippen molar-refractivity contribution in [3.05, 3.63) is 82.8 Å². The van der Waals surface area contributed by atoms with Crippen LogP contribution < -0.4 is 10.0 Å². The van der Waals surface area contributed by atoms with Crippen molar-refractivity contribution in [2.24, 2.45) is 5.92 Å². The van der Waals surface area contributed by atoms with Gasteiger partial charge in [0.2, 0.25) is 0 Å². The smallest absolute Gasteiger partial charge is 0.337 e. The van der Waals surface area contributed by atoms with E-state index < -0.39 is 28.1 Å². The number of carbonyl (C=O) groups is 1. The molecular weight excluding hydrogens is 543 g/mol. The number of fused-ring (bicyclic) bond motifs is 1. The third-order valence-electron chi connectivity index (χ3n) is 6.50. The van der Waals surface area contributed by atoms with Crippen LogP contribution in [0.25, 0.3) is 16.9 Å². The number of carbonyl (C=O) groups excluding carboxylic acids is 1. The highest BCUT2D eigenvalue weighted by Gasteiger charge is 2.37. The van der Waals surface area contributed by atoms with E-state index in [9.17, 15) is 26.4 Å². The SMILES string of the molecule is Cc1ccc(S(=O)(=O)NC(=O)NCCc2ccc(-n3c(CC(C)C(F)(F)F)nc4c(C)cc(C)nc43)cc2)cc1. The average molecular weight is 574 g/mol. The lowest BCUT2D eigenvalue weighted by Gasteiger charge is -2.16. The van der Waals surface area contributed by atoms with Crippen molar-refractivity contribution in [3.63, 3.8) is 0 Å². The van der Waals surface area contributed by atoms with Gasteiger partial charge in [-0.3, -0.25) is 4.57 Å². The van der Waals surface area contributed by atoms with E-state index >= 15 is 0 Å². The summed E-state index contributed by atoms with van der Waals surface area (Å²) in [6, 6.07) is 14.2. The molecule has 8 nitrogen and oxygen atoms in total. The van der Waals surface area contributed by atoms with E-state index in [0.29, 0.717) is 23.3 Å². The van der Waals surface area contributed by atoms with Crippen molar-refractivity contribution in [1.29, 1.82) is 0 Å². The van der Waals surface area contributed by atoms with Gasteiger partial charge in [0.25, 0.3) is 10.0 Å². The van der Waals surface area contributed by atoms with Crippen LogP contribution in [-0.4, -0.2) is 41.7 Å². The van der Waals surface area contributed by atoms with Gasteiger partial charge in [-0.1, -0.05) is 36.8 Å². The summed E-state index contributed by atoms with van der Waals surface area (Å²) in [6.45, 7) is 6.79. The van der Waals surface area contributed by atoms with Gasteiger partial charge in [0.1, 0.15) is 11.3 Å². The highest BCUT2D eigenvalue weighted by molar-refractivity contribution is 7.90. The predicted molar refractivity (Wildman–Crippen MR) is 146 cm³/mol. The lowest BCUT2D eigenvalue weighted by Crippen LogP contribution is -2.40. The molecular formula is C28H30F3N5O3S. The number of nitrogens with zero attached hydrogens (tertiary/aromatic N) is 3. The van der Waals surface area contributed by atoms with Gasteiger partial charge in [0.15, 0.2) is 5.65 Å². The third-order valence-corrected chi connectivity index (χ3v) is 7.85. The molecule has 0 saturated carbocycles.